The summed E-state index contributed by atoms with van der Waals surface area (Å²) in [5.74, 6) is 0.710. The average molecular weight is 265 g/mol. The van der Waals surface area contributed by atoms with E-state index in [0.717, 1.165) is 24.3 Å². The van der Waals surface area contributed by atoms with Gasteiger partial charge < -0.3 is 10.1 Å². The van der Waals surface area contributed by atoms with E-state index in [1.807, 2.05) is 29.1 Å². The van der Waals surface area contributed by atoms with Crippen LogP contribution in [0.1, 0.15) is 6.04 Å². The third kappa shape index (κ3) is 1.85. The van der Waals surface area contributed by atoms with Crippen LogP contribution >= 0.6 is 11.6 Å². The van der Waals surface area contributed by atoms with Crippen LogP contribution in [0.3, 0.4) is 0 Å². The van der Waals surface area contributed by atoms with E-state index in [9.17, 15) is 0 Å². The number of hydrogen-bond donors (Lipinski definition) is 1. The van der Waals surface area contributed by atoms with Crippen LogP contribution in [0.2, 0.25) is 5.02 Å². The summed E-state index contributed by atoms with van der Waals surface area (Å²) >= 11 is 6.21. The van der Waals surface area contributed by atoms with Crippen molar-refractivity contribution < 1.29 is 4.74 Å². The van der Waals surface area contributed by atoms with E-state index in [-0.39, 0.29) is 0 Å². The van der Waals surface area contributed by atoms with Gasteiger partial charge in [-0.1, -0.05) is 22.9 Å². The van der Waals surface area contributed by atoms with Gasteiger partial charge in [0.1, 0.15) is 11.4 Å². The molecule has 1 N–H and O–H groups in total. The largest absolute Gasteiger partial charge is 0.496 e. The highest BCUT2D eigenvalue weighted by Gasteiger charge is 2.21. The number of benzene rings is 1. The van der Waals surface area contributed by atoms with Crippen LogP contribution in [0.25, 0.3) is 11.3 Å². The molecule has 2 heterocycles. The standard InChI is InChI=1S/C12H13ClN4O/c1-18-11-4-2-3-9(13)12(11)10-7-17(16-15-10)8-5-14-6-8/h2-4,7-8,14H,5-6H2,1H3. The summed E-state index contributed by atoms with van der Waals surface area (Å²) in [5, 5.41) is 12.1. The topological polar surface area (TPSA) is 52.0 Å². The molecule has 0 unspecified atom stereocenters. The van der Waals surface area contributed by atoms with Crippen LogP contribution in [0, 0.1) is 0 Å². The molecule has 3 rings (SSSR count). The van der Waals surface area contributed by atoms with Gasteiger partial charge in [-0.05, 0) is 12.1 Å². The van der Waals surface area contributed by atoms with Crippen LogP contribution in [0.5, 0.6) is 5.75 Å². The van der Waals surface area contributed by atoms with Gasteiger partial charge in [-0.15, -0.1) is 5.10 Å². The lowest BCUT2D eigenvalue weighted by Gasteiger charge is -2.26. The van der Waals surface area contributed by atoms with Crippen molar-refractivity contribution in [3.8, 4) is 17.0 Å². The number of hydrogen-bond acceptors (Lipinski definition) is 4. The Balaban J connectivity index is 2.01. The monoisotopic (exact) mass is 264 g/mol. The summed E-state index contributed by atoms with van der Waals surface area (Å²) in [4.78, 5) is 0. The second-order valence-corrected chi connectivity index (χ2v) is 4.62. The molecule has 5 nitrogen and oxygen atoms in total. The molecule has 0 atom stereocenters. The first-order chi connectivity index (χ1) is 8.79. The molecule has 1 saturated heterocycles. The predicted octanol–water partition coefficient (Wildman–Crippen LogP) is 1.75. The summed E-state index contributed by atoms with van der Waals surface area (Å²) < 4.78 is 7.19. The Labute approximate surface area is 110 Å². The molecule has 1 aromatic heterocycles. The molecule has 0 amide bonds. The van der Waals surface area contributed by atoms with Crippen molar-refractivity contribution in [2.75, 3.05) is 20.2 Å². The zero-order valence-corrected chi connectivity index (χ0v) is 10.7. The van der Waals surface area contributed by atoms with E-state index in [2.05, 4.69) is 15.6 Å². The van der Waals surface area contributed by atoms with E-state index in [1.54, 1.807) is 7.11 Å². The van der Waals surface area contributed by atoms with E-state index < -0.39 is 0 Å². The van der Waals surface area contributed by atoms with Gasteiger partial charge in [0.2, 0.25) is 0 Å². The molecule has 0 spiro atoms. The summed E-state index contributed by atoms with van der Waals surface area (Å²) in [6.45, 7) is 1.87. The van der Waals surface area contributed by atoms with Crippen LogP contribution in [0.15, 0.2) is 24.4 Å². The summed E-state index contributed by atoms with van der Waals surface area (Å²) in [5.41, 5.74) is 1.53. The van der Waals surface area contributed by atoms with E-state index in [1.165, 1.54) is 0 Å². The predicted molar refractivity (Wildman–Crippen MR) is 68.9 cm³/mol. The number of halogens is 1. The first kappa shape index (κ1) is 11.5. The zero-order valence-electron chi connectivity index (χ0n) is 9.93. The molecule has 6 heteroatoms. The van der Waals surface area contributed by atoms with Crippen LogP contribution in [-0.4, -0.2) is 35.2 Å². The molecule has 1 aliphatic heterocycles. The molecular weight excluding hydrogens is 252 g/mol. The Morgan fingerprint density at radius 3 is 2.94 bits per heavy atom. The number of nitrogens with zero attached hydrogens (tertiary/aromatic N) is 3. The Hall–Kier alpha value is -1.59. The van der Waals surface area contributed by atoms with E-state index in [0.29, 0.717) is 16.8 Å². The van der Waals surface area contributed by atoms with Crippen LogP contribution in [0.4, 0.5) is 0 Å². The lowest BCUT2D eigenvalue weighted by atomic mass is 10.1. The normalized spacial score (nSPS) is 15.4. The van der Waals surface area contributed by atoms with Gasteiger partial charge in [0.15, 0.2) is 0 Å². The van der Waals surface area contributed by atoms with Crippen molar-refractivity contribution in [3.05, 3.63) is 29.4 Å². The number of rotatable bonds is 3. The minimum atomic E-state index is 0.389. The summed E-state index contributed by atoms with van der Waals surface area (Å²) in [6.07, 6.45) is 1.91. The average Bonchev–Trinajstić information content (AvgIpc) is 2.75. The Bertz CT molecular complexity index is 565. The molecule has 0 aliphatic carbocycles. The van der Waals surface area contributed by atoms with Crippen molar-refractivity contribution in [1.82, 2.24) is 20.3 Å². The minimum absolute atomic E-state index is 0.389. The van der Waals surface area contributed by atoms with E-state index in [4.69, 9.17) is 16.3 Å². The SMILES string of the molecule is COc1cccc(Cl)c1-c1cn(C2CNC2)nn1. The Morgan fingerprint density at radius 2 is 2.28 bits per heavy atom. The quantitative estimate of drug-likeness (QED) is 0.918. The summed E-state index contributed by atoms with van der Waals surface area (Å²) in [6, 6.07) is 5.93. The zero-order chi connectivity index (χ0) is 12.5. The highest BCUT2D eigenvalue weighted by atomic mass is 35.5. The minimum Gasteiger partial charge on any atom is -0.496 e. The molecule has 0 radical (unpaired) electrons. The molecule has 94 valence electrons. The van der Waals surface area contributed by atoms with Crippen molar-refractivity contribution in [2.24, 2.45) is 0 Å². The summed E-state index contributed by atoms with van der Waals surface area (Å²) in [7, 11) is 1.62. The van der Waals surface area contributed by atoms with Crippen LogP contribution < -0.4 is 10.1 Å². The molecule has 1 fully saturated rings. The fraction of sp³-hybridized carbons (Fsp3) is 0.333. The number of nitrogens with one attached hydrogen (secondary N) is 1. The van der Waals surface area contributed by atoms with Crippen molar-refractivity contribution in [2.45, 2.75) is 6.04 Å². The molecule has 1 aromatic carbocycles. The Morgan fingerprint density at radius 1 is 1.44 bits per heavy atom. The number of aromatic nitrogens is 3. The lowest BCUT2D eigenvalue weighted by molar-refractivity contribution is 0.313. The van der Waals surface area contributed by atoms with Gasteiger partial charge in [0.25, 0.3) is 0 Å². The maximum Gasteiger partial charge on any atom is 0.129 e. The van der Waals surface area contributed by atoms with Gasteiger partial charge in [-0.3, -0.25) is 0 Å². The maximum absolute atomic E-state index is 6.21. The fourth-order valence-electron chi connectivity index (χ4n) is 1.95. The number of ether oxygens (including phenoxy) is 1. The van der Waals surface area contributed by atoms with Crippen molar-refractivity contribution in [1.29, 1.82) is 0 Å². The molecule has 18 heavy (non-hydrogen) atoms. The Kier molecular flexibility index (Phi) is 2.93. The molecular formula is C12H13ClN4O. The fourth-order valence-corrected chi connectivity index (χ4v) is 2.22. The van der Waals surface area contributed by atoms with Gasteiger partial charge in [0, 0.05) is 13.1 Å². The van der Waals surface area contributed by atoms with Gasteiger partial charge in [-0.25, -0.2) is 4.68 Å². The first-order valence-corrected chi connectivity index (χ1v) is 6.13. The van der Waals surface area contributed by atoms with Crippen molar-refractivity contribution >= 4 is 11.6 Å². The highest BCUT2D eigenvalue weighted by Crippen LogP contribution is 2.35. The van der Waals surface area contributed by atoms with Crippen molar-refractivity contribution in [3.63, 3.8) is 0 Å². The maximum atomic E-state index is 6.21. The molecule has 0 bridgehead atoms. The highest BCUT2D eigenvalue weighted by molar-refractivity contribution is 6.33. The van der Waals surface area contributed by atoms with Gasteiger partial charge in [-0.2, -0.15) is 0 Å². The molecule has 2 aromatic rings. The first-order valence-electron chi connectivity index (χ1n) is 5.75. The lowest BCUT2D eigenvalue weighted by Crippen LogP contribution is -2.43. The second kappa shape index (κ2) is 4.59. The number of methoxy groups -OCH3 is 1. The molecule has 1 aliphatic rings. The van der Waals surface area contributed by atoms with Gasteiger partial charge >= 0.3 is 0 Å². The second-order valence-electron chi connectivity index (χ2n) is 4.21. The van der Waals surface area contributed by atoms with Gasteiger partial charge in [0.05, 0.1) is 29.9 Å². The molecule has 0 saturated carbocycles. The smallest absolute Gasteiger partial charge is 0.129 e. The van der Waals surface area contributed by atoms with Crippen LogP contribution in [-0.2, 0) is 0 Å². The third-order valence-corrected chi connectivity index (χ3v) is 3.41. The third-order valence-electron chi connectivity index (χ3n) is 3.10. The van der Waals surface area contributed by atoms with E-state index >= 15 is 0 Å².